The first-order valence-electron chi connectivity index (χ1n) is 6.01. The molecular formula is C14H19N3. The molecule has 0 fully saturated rings. The van der Waals surface area contributed by atoms with Gasteiger partial charge in [-0.2, -0.15) is 0 Å². The van der Waals surface area contributed by atoms with Crippen LogP contribution in [-0.2, 0) is 0 Å². The van der Waals surface area contributed by atoms with E-state index >= 15 is 0 Å². The minimum absolute atomic E-state index is 1.04. The van der Waals surface area contributed by atoms with Crippen LogP contribution in [0.3, 0.4) is 0 Å². The van der Waals surface area contributed by atoms with Crippen molar-refractivity contribution in [1.82, 2.24) is 10.3 Å². The van der Waals surface area contributed by atoms with Crippen molar-refractivity contribution in [2.24, 2.45) is 0 Å². The van der Waals surface area contributed by atoms with E-state index in [0.717, 1.165) is 19.5 Å². The Kier molecular flexibility index (Phi) is 3.94. The van der Waals surface area contributed by atoms with Crippen LogP contribution in [0.4, 0.5) is 5.69 Å². The van der Waals surface area contributed by atoms with E-state index in [0.29, 0.717) is 0 Å². The number of aromatic nitrogens is 1. The summed E-state index contributed by atoms with van der Waals surface area (Å²) in [6, 6.07) is 8.39. The number of fused-ring (bicyclic) bond motifs is 1. The van der Waals surface area contributed by atoms with Gasteiger partial charge < -0.3 is 10.2 Å². The molecule has 0 bridgehead atoms. The van der Waals surface area contributed by atoms with E-state index in [-0.39, 0.29) is 0 Å². The lowest BCUT2D eigenvalue weighted by molar-refractivity contribution is 0.713. The lowest BCUT2D eigenvalue weighted by Crippen LogP contribution is -2.22. The normalized spacial score (nSPS) is 10.7. The smallest absolute Gasteiger partial charge is 0.0629 e. The van der Waals surface area contributed by atoms with Crippen molar-refractivity contribution in [1.29, 1.82) is 0 Å². The number of hydrogen-bond donors (Lipinski definition) is 1. The Morgan fingerprint density at radius 2 is 2.06 bits per heavy atom. The Morgan fingerprint density at radius 1 is 1.24 bits per heavy atom. The van der Waals surface area contributed by atoms with Gasteiger partial charge in [-0.1, -0.05) is 24.3 Å². The summed E-state index contributed by atoms with van der Waals surface area (Å²) >= 11 is 0. The van der Waals surface area contributed by atoms with Gasteiger partial charge in [0.1, 0.15) is 0 Å². The molecule has 0 aliphatic heterocycles. The number of benzene rings is 1. The summed E-state index contributed by atoms with van der Waals surface area (Å²) in [7, 11) is 4.11. The second-order valence-electron chi connectivity index (χ2n) is 4.26. The predicted molar refractivity (Wildman–Crippen MR) is 73.6 cm³/mol. The average Bonchev–Trinajstić information content (AvgIpc) is 2.38. The van der Waals surface area contributed by atoms with Gasteiger partial charge in [0.05, 0.1) is 11.9 Å². The van der Waals surface area contributed by atoms with Crippen LogP contribution < -0.4 is 10.2 Å². The zero-order chi connectivity index (χ0) is 12.1. The fraction of sp³-hybridized carbons (Fsp3) is 0.357. The standard InChI is InChI=1S/C14H19N3/c1-15-8-5-9-17(2)14-11-16-10-12-6-3-4-7-13(12)14/h3-4,6-7,10-11,15H,5,8-9H2,1-2H3. The van der Waals surface area contributed by atoms with Gasteiger partial charge in [-0.3, -0.25) is 4.98 Å². The number of anilines is 1. The molecule has 0 spiro atoms. The van der Waals surface area contributed by atoms with Crippen molar-refractivity contribution in [3.63, 3.8) is 0 Å². The first-order valence-corrected chi connectivity index (χ1v) is 6.01. The fourth-order valence-electron chi connectivity index (χ4n) is 2.02. The van der Waals surface area contributed by atoms with Crippen LogP contribution in [0.5, 0.6) is 0 Å². The van der Waals surface area contributed by atoms with Crippen LogP contribution in [-0.4, -0.2) is 32.2 Å². The van der Waals surface area contributed by atoms with Crippen molar-refractivity contribution in [2.45, 2.75) is 6.42 Å². The summed E-state index contributed by atoms with van der Waals surface area (Å²) in [5.74, 6) is 0. The first-order chi connectivity index (χ1) is 8.33. The van der Waals surface area contributed by atoms with Crippen molar-refractivity contribution >= 4 is 16.5 Å². The summed E-state index contributed by atoms with van der Waals surface area (Å²) in [5.41, 5.74) is 1.21. The average molecular weight is 229 g/mol. The SMILES string of the molecule is CNCCCN(C)c1cncc2ccccc12. The Bertz CT molecular complexity index is 476. The minimum atomic E-state index is 1.04. The molecule has 3 heteroatoms. The molecule has 0 aliphatic carbocycles. The molecular weight excluding hydrogens is 210 g/mol. The molecule has 0 unspecified atom stereocenters. The Labute approximate surface area is 102 Å². The number of hydrogen-bond acceptors (Lipinski definition) is 3. The van der Waals surface area contributed by atoms with E-state index < -0.39 is 0 Å². The molecule has 90 valence electrons. The van der Waals surface area contributed by atoms with Gasteiger partial charge in [-0.05, 0) is 20.0 Å². The summed E-state index contributed by atoms with van der Waals surface area (Å²) < 4.78 is 0. The second kappa shape index (κ2) is 5.64. The third kappa shape index (κ3) is 2.74. The zero-order valence-electron chi connectivity index (χ0n) is 10.5. The third-order valence-corrected chi connectivity index (χ3v) is 2.98. The molecule has 2 rings (SSSR count). The summed E-state index contributed by atoms with van der Waals surface area (Å²) in [6.07, 6.45) is 5.00. The van der Waals surface area contributed by atoms with E-state index in [4.69, 9.17) is 0 Å². The summed E-state index contributed by atoms with van der Waals surface area (Å²) in [4.78, 5) is 6.58. The van der Waals surface area contributed by atoms with E-state index in [2.05, 4.69) is 46.5 Å². The molecule has 17 heavy (non-hydrogen) atoms. The van der Waals surface area contributed by atoms with Crippen molar-refractivity contribution in [2.75, 3.05) is 32.1 Å². The number of rotatable bonds is 5. The van der Waals surface area contributed by atoms with Crippen molar-refractivity contribution < 1.29 is 0 Å². The topological polar surface area (TPSA) is 28.2 Å². The molecule has 0 radical (unpaired) electrons. The monoisotopic (exact) mass is 229 g/mol. The van der Waals surface area contributed by atoms with Gasteiger partial charge >= 0.3 is 0 Å². The summed E-state index contributed by atoms with van der Waals surface area (Å²) in [5, 5.41) is 5.64. The van der Waals surface area contributed by atoms with Crippen LogP contribution in [0.15, 0.2) is 36.7 Å². The molecule has 1 heterocycles. The molecule has 0 atom stereocenters. The van der Waals surface area contributed by atoms with Crippen LogP contribution in [0.1, 0.15) is 6.42 Å². The maximum absolute atomic E-state index is 4.30. The van der Waals surface area contributed by atoms with Gasteiger partial charge in [0.25, 0.3) is 0 Å². The number of nitrogens with one attached hydrogen (secondary N) is 1. The molecule has 1 aromatic carbocycles. The minimum Gasteiger partial charge on any atom is -0.373 e. The van der Waals surface area contributed by atoms with Gasteiger partial charge in [0, 0.05) is 30.6 Å². The quantitative estimate of drug-likeness (QED) is 0.797. The fourth-order valence-corrected chi connectivity index (χ4v) is 2.02. The van der Waals surface area contributed by atoms with E-state index in [1.807, 2.05) is 19.4 Å². The van der Waals surface area contributed by atoms with Gasteiger partial charge in [-0.25, -0.2) is 0 Å². The lowest BCUT2D eigenvalue weighted by atomic mass is 10.1. The molecule has 2 aromatic rings. The molecule has 1 aromatic heterocycles. The second-order valence-corrected chi connectivity index (χ2v) is 4.26. The molecule has 0 aliphatic rings. The van der Waals surface area contributed by atoms with Gasteiger partial charge in [0.15, 0.2) is 0 Å². The molecule has 3 nitrogen and oxygen atoms in total. The highest BCUT2D eigenvalue weighted by molar-refractivity contribution is 5.93. The Morgan fingerprint density at radius 3 is 2.88 bits per heavy atom. The van der Waals surface area contributed by atoms with Crippen molar-refractivity contribution in [3.8, 4) is 0 Å². The Balaban J connectivity index is 2.22. The highest BCUT2D eigenvalue weighted by Gasteiger charge is 2.05. The van der Waals surface area contributed by atoms with E-state index in [9.17, 15) is 0 Å². The molecule has 0 saturated carbocycles. The summed E-state index contributed by atoms with van der Waals surface area (Å²) in [6.45, 7) is 2.08. The number of nitrogens with zero attached hydrogens (tertiary/aromatic N) is 2. The van der Waals surface area contributed by atoms with Crippen LogP contribution in [0.2, 0.25) is 0 Å². The highest BCUT2D eigenvalue weighted by atomic mass is 15.1. The maximum Gasteiger partial charge on any atom is 0.0629 e. The number of pyridine rings is 1. The first kappa shape index (κ1) is 11.9. The van der Waals surface area contributed by atoms with Crippen LogP contribution in [0.25, 0.3) is 10.8 Å². The van der Waals surface area contributed by atoms with Gasteiger partial charge in [0.2, 0.25) is 0 Å². The van der Waals surface area contributed by atoms with Crippen LogP contribution in [0, 0.1) is 0 Å². The largest absolute Gasteiger partial charge is 0.373 e. The molecule has 1 N–H and O–H groups in total. The maximum atomic E-state index is 4.30. The molecule has 0 amide bonds. The van der Waals surface area contributed by atoms with Gasteiger partial charge in [-0.15, -0.1) is 0 Å². The Hall–Kier alpha value is -1.61. The van der Waals surface area contributed by atoms with Crippen molar-refractivity contribution in [3.05, 3.63) is 36.7 Å². The highest BCUT2D eigenvalue weighted by Crippen LogP contribution is 2.24. The van der Waals surface area contributed by atoms with E-state index in [1.54, 1.807) is 0 Å². The third-order valence-electron chi connectivity index (χ3n) is 2.98. The molecule has 0 saturated heterocycles. The van der Waals surface area contributed by atoms with E-state index in [1.165, 1.54) is 16.5 Å². The predicted octanol–water partition coefficient (Wildman–Crippen LogP) is 2.28. The lowest BCUT2D eigenvalue weighted by Gasteiger charge is -2.20. The van der Waals surface area contributed by atoms with Crippen LogP contribution >= 0.6 is 0 Å². The zero-order valence-corrected chi connectivity index (χ0v) is 10.5.